The van der Waals surface area contributed by atoms with Crippen molar-refractivity contribution in [2.24, 2.45) is 0 Å². The maximum absolute atomic E-state index is 12.4. The highest BCUT2D eigenvalue weighted by Gasteiger charge is 2.18. The molecule has 2 aromatic rings. The number of hydrogen-bond donors (Lipinski definition) is 1. The van der Waals surface area contributed by atoms with Crippen molar-refractivity contribution in [3.8, 4) is 5.75 Å². The summed E-state index contributed by atoms with van der Waals surface area (Å²) >= 11 is 5.84. The van der Waals surface area contributed by atoms with E-state index in [1.807, 2.05) is 20.8 Å². The Balaban J connectivity index is 1.88. The number of halogens is 1. The van der Waals surface area contributed by atoms with Crippen molar-refractivity contribution in [3.63, 3.8) is 0 Å². The number of carbonyl (C=O) groups excluding carboxylic acids is 3. The van der Waals surface area contributed by atoms with Crippen LogP contribution in [0.15, 0.2) is 48.5 Å². The SMILES string of the molecule is CN(CC(=O)NC(C)(C)C)C(=O)COc1ccc(C(=O)c2ccc(Cl)cc2)cc1. The molecule has 0 heterocycles. The van der Waals surface area contributed by atoms with Gasteiger partial charge in [0.2, 0.25) is 5.91 Å². The summed E-state index contributed by atoms with van der Waals surface area (Å²) in [6.07, 6.45) is 0. The summed E-state index contributed by atoms with van der Waals surface area (Å²) in [6, 6.07) is 13.2. The van der Waals surface area contributed by atoms with Crippen molar-refractivity contribution in [1.82, 2.24) is 10.2 Å². The summed E-state index contributed by atoms with van der Waals surface area (Å²) in [5, 5.41) is 3.36. The normalized spacial score (nSPS) is 10.9. The van der Waals surface area contributed by atoms with Crippen molar-refractivity contribution in [2.45, 2.75) is 26.3 Å². The average molecular weight is 417 g/mol. The predicted molar refractivity (Wildman–Crippen MR) is 112 cm³/mol. The fourth-order valence-corrected chi connectivity index (χ4v) is 2.61. The molecule has 0 saturated carbocycles. The Kier molecular flexibility index (Phi) is 7.40. The van der Waals surface area contributed by atoms with Crippen LogP contribution in [0.4, 0.5) is 0 Å². The summed E-state index contributed by atoms with van der Waals surface area (Å²) in [6.45, 7) is 5.36. The van der Waals surface area contributed by atoms with E-state index >= 15 is 0 Å². The largest absolute Gasteiger partial charge is 0.484 e. The number of likely N-dealkylation sites (N-methyl/N-ethyl adjacent to an activating group) is 1. The molecule has 0 aliphatic carbocycles. The summed E-state index contributed by atoms with van der Waals surface area (Å²) < 4.78 is 5.48. The standard InChI is InChI=1S/C22H25ClN2O4/c1-22(2,3)24-19(26)13-25(4)20(27)14-29-18-11-7-16(8-12-18)21(28)15-5-9-17(23)10-6-15/h5-12H,13-14H2,1-4H3,(H,24,26). The highest BCUT2D eigenvalue weighted by atomic mass is 35.5. The molecule has 0 saturated heterocycles. The van der Waals surface area contributed by atoms with Crippen LogP contribution in [0.25, 0.3) is 0 Å². The van der Waals surface area contributed by atoms with E-state index < -0.39 is 0 Å². The molecule has 154 valence electrons. The van der Waals surface area contributed by atoms with Crippen molar-refractivity contribution < 1.29 is 19.1 Å². The first-order valence-electron chi connectivity index (χ1n) is 9.13. The van der Waals surface area contributed by atoms with E-state index in [4.69, 9.17) is 16.3 Å². The fourth-order valence-electron chi connectivity index (χ4n) is 2.49. The first-order chi connectivity index (χ1) is 13.5. The minimum Gasteiger partial charge on any atom is -0.484 e. The average Bonchev–Trinajstić information content (AvgIpc) is 2.65. The molecule has 0 atom stereocenters. The summed E-state index contributed by atoms with van der Waals surface area (Å²) in [4.78, 5) is 37.8. The van der Waals surface area contributed by atoms with Gasteiger partial charge in [0.25, 0.3) is 5.91 Å². The van der Waals surface area contributed by atoms with Crippen LogP contribution >= 0.6 is 11.6 Å². The van der Waals surface area contributed by atoms with E-state index in [-0.39, 0.29) is 36.3 Å². The van der Waals surface area contributed by atoms with Gasteiger partial charge in [0.05, 0.1) is 6.54 Å². The van der Waals surface area contributed by atoms with Crippen LogP contribution in [0, 0.1) is 0 Å². The zero-order chi connectivity index (χ0) is 21.6. The number of nitrogens with zero attached hydrogens (tertiary/aromatic N) is 1. The Morgan fingerprint density at radius 2 is 1.48 bits per heavy atom. The maximum Gasteiger partial charge on any atom is 0.260 e. The molecule has 0 unspecified atom stereocenters. The van der Waals surface area contributed by atoms with E-state index in [0.717, 1.165) is 0 Å². The highest BCUT2D eigenvalue weighted by Crippen LogP contribution is 2.17. The van der Waals surface area contributed by atoms with Gasteiger partial charge in [-0.15, -0.1) is 0 Å². The van der Waals surface area contributed by atoms with Gasteiger partial charge in [0.1, 0.15) is 5.75 Å². The van der Waals surface area contributed by atoms with E-state index in [2.05, 4.69) is 5.32 Å². The van der Waals surface area contributed by atoms with E-state index in [1.165, 1.54) is 4.90 Å². The third-order valence-electron chi connectivity index (χ3n) is 3.91. The molecular formula is C22H25ClN2O4. The zero-order valence-electron chi connectivity index (χ0n) is 17.0. The Morgan fingerprint density at radius 3 is 2.00 bits per heavy atom. The van der Waals surface area contributed by atoms with Gasteiger partial charge in [-0.05, 0) is 69.3 Å². The van der Waals surface area contributed by atoms with Gasteiger partial charge in [-0.2, -0.15) is 0 Å². The molecule has 2 rings (SSSR count). The molecule has 0 bridgehead atoms. The van der Waals surface area contributed by atoms with Crippen molar-refractivity contribution >= 4 is 29.2 Å². The fraction of sp³-hybridized carbons (Fsp3) is 0.318. The van der Waals surface area contributed by atoms with Crippen LogP contribution in [-0.2, 0) is 9.59 Å². The maximum atomic E-state index is 12.4. The van der Waals surface area contributed by atoms with Crippen molar-refractivity contribution in [3.05, 3.63) is 64.7 Å². The van der Waals surface area contributed by atoms with E-state index in [1.54, 1.807) is 55.6 Å². The molecule has 7 heteroatoms. The Bertz CT molecular complexity index is 871. The second-order valence-corrected chi connectivity index (χ2v) is 8.13. The van der Waals surface area contributed by atoms with E-state index in [9.17, 15) is 14.4 Å². The number of hydrogen-bond acceptors (Lipinski definition) is 4. The zero-order valence-corrected chi connectivity index (χ0v) is 17.7. The second kappa shape index (κ2) is 9.56. The molecule has 6 nitrogen and oxygen atoms in total. The minimum absolute atomic E-state index is 0.0476. The lowest BCUT2D eigenvalue weighted by atomic mass is 10.0. The molecule has 2 amide bonds. The quantitative estimate of drug-likeness (QED) is 0.702. The lowest BCUT2D eigenvalue weighted by Crippen LogP contribution is -2.47. The van der Waals surface area contributed by atoms with Gasteiger partial charge in [-0.3, -0.25) is 14.4 Å². The lowest BCUT2D eigenvalue weighted by molar-refractivity contribution is -0.136. The van der Waals surface area contributed by atoms with Gasteiger partial charge in [0.15, 0.2) is 12.4 Å². The molecule has 0 radical (unpaired) electrons. The molecule has 0 fully saturated rings. The number of benzene rings is 2. The molecule has 29 heavy (non-hydrogen) atoms. The summed E-state index contributed by atoms with van der Waals surface area (Å²) in [7, 11) is 1.54. The Morgan fingerprint density at radius 1 is 0.966 bits per heavy atom. The van der Waals surface area contributed by atoms with Crippen LogP contribution in [-0.4, -0.2) is 48.2 Å². The lowest BCUT2D eigenvalue weighted by Gasteiger charge is -2.23. The monoisotopic (exact) mass is 416 g/mol. The van der Waals surface area contributed by atoms with Gasteiger partial charge < -0.3 is 15.0 Å². The Hall–Kier alpha value is -2.86. The number of rotatable bonds is 7. The smallest absolute Gasteiger partial charge is 0.260 e. The van der Waals surface area contributed by atoms with Crippen LogP contribution in [0.3, 0.4) is 0 Å². The van der Waals surface area contributed by atoms with Gasteiger partial charge in [-0.1, -0.05) is 11.6 Å². The first-order valence-corrected chi connectivity index (χ1v) is 9.51. The van der Waals surface area contributed by atoms with Crippen molar-refractivity contribution in [1.29, 1.82) is 0 Å². The molecule has 0 aromatic heterocycles. The van der Waals surface area contributed by atoms with Crippen LogP contribution < -0.4 is 10.1 Å². The minimum atomic E-state index is -0.358. The first kappa shape index (κ1) is 22.4. The third-order valence-corrected chi connectivity index (χ3v) is 4.16. The number of ketones is 1. The number of carbonyl (C=O) groups is 3. The Labute approximate surface area is 175 Å². The van der Waals surface area contributed by atoms with E-state index in [0.29, 0.717) is 21.9 Å². The predicted octanol–water partition coefficient (Wildman–Crippen LogP) is 3.32. The van der Waals surface area contributed by atoms with Crippen LogP contribution in [0.1, 0.15) is 36.7 Å². The molecule has 0 aliphatic heterocycles. The van der Waals surface area contributed by atoms with Crippen molar-refractivity contribution in [2.75, 3.05) is 20.2 Å². The van der Waals surface area contributed by atoms with Crippen LogP contribution in [0.2, 0.25) is 5.02 Å². The molecule has 1 N–H and O–H groups in total. The third kappa shape index (κ3) is 7.23. The summed E-state index contributed by atoms with van der Waals surface area (Å²) in [5.74, 6) is -0.235. The topological polar surface area (TPSA) is 75.7 Å². The van der Waals surface area contributed by atoms with Crippen LogP contribution in [0.5, 0.6) is 5.75 Å². The molecule has 0 spiro atoms. The molecule has 2 aromatic carbocycles. The molecular weight excluding hydrogens is 392 g/mol. The number of nitrogens with one attached hydrogen (secondary N) is 1. The summed E-state index contributed by atoms with van der Waals surface area (Å²) in [5.41, 5.74) is 0.679. The number of amides is 2. The van der Waals surface area contributed by atoms with Gasteiger partial charge >= 0.3 is 0 Å². The van der Waals surface area contributed by atoms with Gasteiger partial charge in [0, 0.05) is 28.7 Å². The molecule has 0 aliphatic rings. The number of ether oxygens (including phenoxy) is 1. The second-order valence-electron chi connectivity index (χ2n) is 7.70. The highest BCUT2D eigenvalue weighted by molar-refractivity contribution is 6.30. The van der Waals surface area contributed by atoms with Gasteiger partial charge in [-0.25, -0.2) is 0 Å².